The Morgan fingerprint density at radius 3 is 2.83 bits per heavy atom. The maximum atomic E-state index is 12.6. The highest BCUT2D eigenvalue weighted by Crippen LogP contribution is 2.29. The van der Waals surface area contributed by atoms with Crippen LogP contribution in [0.1, 0.15) is 42.7 Å². The fraction of sp³-hybridized carbons (Fsp3) is 0.417. The normalized spacial score (nSPS) is 16.7. The van der Waals surface area contributed by atoms with Gasteiger partial charge in [-0.05, 0) is 55.4 Å². The van der Waals surface area contributed by atoms with Crippen molar-refractivity contribution in [3.8, 4) is 0 Å². The predicted molar refractivity (Wildman–Crippen MR) is 118 cm³/mol. The summed E-state index contributed by atoms with van der Waals surface area (Å²) in [4.78, 5) is 26.3. The molecule has 2 aromatic carbocycles. The molecule has 0 bridgehead atoms. The van der Waals surface area contributed by atoms with Gasteiger partial charge in [-0.3, -0.25) is 4.57 Å². The molecule has 6 nitrogen and oxygen atoms in total. The summed E-state index contributed by atoms with van der Waals surface area (Å²) in [6, 6.07) is 16.4. The highest BCUT2D eigenvalue weighted by Gasteiger charge is 2.25. The van der Waals surface area contributed by atoms with E-state index >= 15 is 0 Å². The number of nitrogens with zero attached hydrogens (tertiary/aromatic N) is 2. The number of carbonyl (C=O) groups excluding carboxylic acids is 1. The zero-order chi connectivity index (χ0) is 20.9. The number of fused-ring (bicyclic) bond motifs is 1. The number of benzene rings is 2. The van der Waals surface area contributed by atoms with Crippen molar-refractivity contribution in [3.05, 3.63) is 70.2 Å². The summed E-state index contributed by atoms with van der Waals surface area (Å²) < 4.78 is 6.84. The first kappa shape index (κ1) is 20.3. The smallest absolute Gasteiger partial charge is 0.408 e. The number of aryl methyl sites for hydroxylation is 2. The number of oxazole rings is 1. The summed E-state index contributed by atoms with van der Waals surface area (Å²) in [6.45, 7) is 2.18. The molecule has 0 spiro atoms. The Kier molecular flexibility index (Phi) is 6.21. The molecule has 30 heavy (non-hydrogen) atoms. The summed E-state index contributed by atoms with van der Waals surface area (Å²) in [7, 11) is 1.71. The molecule has 0 aliphatic carbocycles. The van der Waals surface area contributed by atoms with Crippen molar-refractivity contribution in [2.45, 2.75) is 38.0 Å². The monoisotopic (exact) mass is 407 g/mol. The first-order chi connectivity index (χ1) is 14.6. The average molecular weight is 408 g/mol. The topological polar surface area (TPSA) is 67.5 Å². The van der Waals surface area contributed by atoms with Gasteiger partial charge in [0.25, 0.3) is 0 Å². The number of aromatic nitrogens is 1. The van der Waals surface area contributed by atoms with E-state index in [1.54, 1.807) is 7.05 Å². The molecular formula is C24H29N3O3. The van der Waals surface area contributed by atoms with E-state index in [0.29, 0.717) is 18.7 Å². The second-order valence-electron chi connectivity index (χ2n) is 8.11. The van der Waals surface area contributed by atoms with E-state index in [2.05, 4.69) is 29.6 Å². The van der Waals surface area contributed by atoms with Crippen LogP contribution in [0.15, 0.2) is 57.7 Å². The lowest BCUT2D eigenvalue weighted by Gasteiger charge is -2.33. The van der Waals surface area contributed by atoms with Gasteiger partial charge in [0.15, 0.2) is 5.58 Å². The first-order valence-corrected chi connectivity index (χ1v) is 10.8. The van der Waals surface area contributed by atoms with Gasteiger partial charge in [0.2, 0.25) is 0 Å². The van der Waals surface area contributed by atoms with Crippen molar-refractivity contribution in [1.29, 1.82) is 0 Å². The summed E-state index contributed by atoms with van der Waals surface area (Å²) in [5.41, 5.74) is 3.87. The summed E-state index contributed by atoms with van der Waals surface area (Å²) in [6.07, 6.45) is 5.09. The van der Waals surface area contributed by atoms with Crippen molar-refractivity contribution >= 4 is 17.1 Å². The molecule has 1 unspecified atom stereocenters. The first-order valence-electron chi connectivity index (χ1n) is 10.8. The van der Waals surface area contributed by atoms with E-state index in [-0.39, 0.29) is 17.7 Å². The Labute approximate surface area is 176 Å². The van der Waals surface area contributed by atoms with Gasteiger partial charge in [-0.2, -0.15) is 0 Å². The van der Waals surface area contributed by atoms with Crippen molar-refractivity contribution in [3.63, 3.8) is 0 Å². The van der Waals surface area contributed by atoms with Crippen LogP contribution in [0.3, 0.4) is 0 Å². The van der Waals surface area contributed by atoms with Gasteiger partial charge in [0.05, 0.1) is 5.52 Å². The molecule has 6 heteroatoms. The average Bonchev–Trinajstić information content (AvgIpc) is 3.07. The molecule has 1 aromatic heterocycles. The molecule has 4 rings (SSSR count). The van der Waals surface area contributed by atoms with Gasteiger partial charge in [-0.25, -0.2) is 9.59 Å². The molecule has 3 aromatic rings. The number of piperidine rings is 1. The van der Waals surface area contributed by atoms with Gasteiger partial charge in [-0.1, -0.05) is 36.4 Å². The largest absolute Gasteiger partial charge is 0.419 e. The number of urea groups is 1. The SMILES string of the molecule is Cn1c(=O)oc2cc(C3CCCN(C(=O)NCCCCc4ccccc4)C3)ccc21. The van der Waals surface area contributed by atoms with E-state index in [0.717, 1.165) is 49.7 Å². The Morgan fingerprint density at radius 2 is 2.00 bits per heavy atom. The van der Waals surface area contributed by atoms with Crippen molar-refractivity contribution in [2.24, 2.45) is 7.05 Å². The molecule has 2 amide bonds. The predicted octanol–water partition coefficient (Wildman–Crippen LogP) is 4.04. The van der Waals surface area contributed by atoms with Crippen LogP contribution in [-0.4, -0.2) is 35.1 Å². The summed E-state index contributed by atoms with van der Waals surface area (Å²) >= 11 is 0. The number of carbonyl (C=O) groups is 1. The van der Waals surface area contributed by atoms with E-state index in [1.165, 1.54) is 10.1 Å². The van der Waals surface area contributed by atoms with Gasteiger partial charge in [0, 0.05) is 32.6 Å². The minimum atomic E-state index is -0.348. The van der Waals surface area contributed by atoms with Gasteiger partial charge < -0.3 is 14.6 Å². The molecule has 0 radical (unpaired) electrons. The van der Waals surface area contributed by atoms with E-state index in [1.807, 2.05) is 29.2 Å². The zero-order valence-electron chi connectivity index (χ0n) is 17.5. The highest BCUT2D eigenvalue weighted by molar-refractivity contribution is 5.75. The van der Waals surface area contributed by atoms with E-state index < -0.39 is 0 Å². The van der Waals surface area contributed by atoms with Crippen LogP contribution in [0.25, 0.3) is 11.1 Å². The second-order valence-corrected chi connectivity index (χ2v) is 8.11. The van der Waals surface area contributed by atoms with Crippen molar-refractivity contribution in [2.75, 3.05) is 19.6 Å². The highest BCUT2D eigenvalue weighted by atomic mass is 16.4. The Balaban J connectivity index is 1.28. The number of unbranched alkanes of at least 4 members (excludes halogenated alkanes) is 1. The van der Waals surface area contributed by atoms with Gasteiger partial charge in [0.1, 0.15) is 0 Å². The van der Waals surface area contributed by atoms with Crippen LogP contribution < -0.4 is 11.1 Å². The Hall–Kier alpha value is -3.02. The second kappa shape index (κ2) is 9.20. The standard InChI is InChI=1S/C24H29N3O3/c1-26-21-13-12-19(16-22(21)30-24(26)29)20-11-7-15-27(17-20)23(28)25-14-6-5-10-18-8-3-2-4-9-18/h2-4,8-9,12-13,16,20H,5-7,10-11,14-15,17H2,1H3,(H,25,28). The quantitative estimate of drug-likeness (QED) is 0.627. The molecule has 2 heterocycles. The van der Waals surface area contributed by atoms with Crippen LogP contribution >= 0.6 is 0 Å². The lowest BCUT2D eigenvalue weighted by Crippen LogP contribution is -2.45. The third kappa shape index (κ3) is 4.58. The Morgan fingerprint density at radius 1 is 1.17 bits per heavy atom. The molecule has 1 aliphatic heterocycles. The van der Waals surface area contributed by atoms with E-state index in [4.69, 9.17) is 4.42 Å². The fourth-order valence-electron chi connectivity index (χ4n) is 4.24. The maximum Gasteiger partial charge on any atom is 0.419 e. The van der Waals surface area contributed by atoms with Crippen LogP contribution in [0, 0.1) is 0 Å². The molecule has 1 atom stereocenters. The van der Waals surface area contributed by atoms with Crippen LogP contribution in [0.2, 0.25) is 0 Å². The molecule has 1 fully saturated rings. The molecule has 1 aliphatic rings. The number of likely N-dealkylation sites (tertiary alicyclic amines) is 1. The molecule has 1 saturated heterocycles. The third-order valence-corrected chi connectivity index (χ3v) is 6.01. The van der Waals surface area contributed by atoms with Crippen LogP contribution in [0.5, 0.6) is 0 Å². The van der Waals surface area contributed by atoms with Crippen molar-refractivity contribution in [1.82, 2.24) is 14.8 Å². The number of hydrogen-bond donors (Lipinski definition) is 1. The molecular weight excluding hydrogens is 378 g/mol. The lowest BCUT2D eigenvalue weighted by atomic mass is 9.90. The molecule has 1 N–H and O–H groups in total. The summed E-state index contributed by atoms with van der Waals surface area (Å²) in [5.74, 6) is -0.0865. The number of hydrogen-bond acceptors (Lipinski definition) is 3. The minimum Gasteiger partial charge on any atom is -0.408 e. The van der Waals surface area contributed by atoms with Gasteiger partial charge >= 0.3 is 11.8 Å². The lowest BCUT2D eigenvalue weighted by molar-refractivity contribution is 0.179. The van der Waals surface area contributed by atoms with Crippen LogP contribution in [-0.2, 0) is 13.5 Å². The Bertz CT molecular complexity index is 1050. The molecule has 158 valence electrons. The van der Waals surface area contributed by atoms with Gasteiger partial charge in [-0.15, -0.1) is 0 Å². The number of rotatable bonds is 6. The number of amides is 2. The van der Waals surface area contributed by atoms with Crippen molar-refractivity contribution < 1.29 is 9.21 Å². The zero-order valence-corrected chi connectivity index (χ0v) is 17.5. The summed E-state index contributed by atoms with van der Waals surface area (Å²) in [5, 5.41) is 3.07. The third-order valence-electron chi connectivity index (χ3n) is 6.01. The fourth-order valence-corrected chi connectivity index (χ4v) is 4.24. The maximum absolute atomic E-state index is 12.6. The minimum absolute atomic E-state index is 0.0201. The van der Waals surface area contributed by atoms with Crippen LogP contribution in [0.4, 0.5) is 4.79 Å². The number of nitrogens with one attached hydrogen (secondary N) is 1. The van der Waals surface area contributed by atoms with E-state index in [9.17, 15) is 9.59 Å². The molecule has 0 saturated carbocycles.